The molecule has 1 amide bonds. The Balaban J connectivity index is 2.16. The van der Waals surface area contributed by atoms with Gasteiger partial charge in [-0.3, -0.25) is 9.00 Å². The lowest BCUT2D eigenvalue weighted by molar-refractivity contribution is 0.0940. The van der Waals surface area contributed by atoms with Crippen molar-refractivity contribution in [1.29, 1.82) is 0 Å². The van der Waals surface area contributed by atoms with Crippen molar-refractivity contribution in [2.24, 2.45) is 0 Å². The number of phenols is 1. The first-order chi connectivity index (χ1) is 14.2. The molecule has 0 saturated carbocycles. The maximum absolute atomic E-state index is 14.5. The summed E-state index contributed by atoms with van der Waals surface area (Å²) < 4.78 is 47.3. The Labute approximate surface area is 179 Å². The predicted molar refractivity (Wildman–Crippen MR) is 111 cm³/mol. The van der Waals surface area contributed by atoms with E-state index in [1.165, 1.54) is 18.2 Å². The van der Waals surface area contributed by atoms with Crippen LogP contribution in [0.25, 0.3) is 5.57 Å². The number of rotatable bonds is 0. The minimum atomic E-state index is -1.97. The predicted octanol–water partition coefficient (Wildman–Crippen LogP) is 4.31. The number of benzene rings is 2. The fraction of sp³-hybridized carbons (Fsp3) is 0.190. The maximum Gasteiger partial charge on any atom is 0.251 e. The van der Waals surface area contributed by atoms with Gasteiger partial charge in [-0.05, 0) is 25.1 Å². The molecule has 0 aromatic heterocycles. The Morgan fingerprint density at radius 3 is 2.70 bits per heavy atom. The van der Waals surface area contributed by atoms with Crippen molar-refractivity contribution in [1.82, 2.24) is 5.32 Å². The van der Waals surface area contributed by atoms with Crippen molar-refractivity contribution in [3.63, 3.8) is 0 Å². The maximum atomic E-state index is 14.5. The molecule has 4 bridgehead atoms. The molecule has 0 radical (unpaired) electrons. The van der Waals surface area contributed by atoms with Crippen LogP contribution >= 0.6 is 11.6 Å². The number of halogens is 3. The summed E-state index contributed by atoms with van der Waals surface area (Å²) in [6.45, 7) is 5.56. The van der Waals surface area contributed by atoms with E-state index in [0.29, 0.717) is 11.6 Å². The highest BCUT2D eigenvalue weighted by atomic mass is 35.5. The summed E-state index contributed by atoms with van der Waals surface area (Å²) in [6.07, 6.45) is 1.56. The molecule has 30 heavy (non-hydrogen) atoms. The van der Waals surface area contributed by atoms with Crippen LogP contribution < -0.4 is 5.32 Å². The van der Waals surface area contributed by atoms with Crippen molar-refractivity contribution in [2.45, 2.75) is 17.6 Å². The van der Waals surface area contributed by atoms with Crippen LogP contribution in [0.3, 0.4) is 0 Å². The summed E-state index contributed by atoms with van der Waals surface area (Å²) in [7, 11) is -1.97. The number of amides is 1. The molecule has 9 heteroatoms. The van der Waals surface area contributed by atoms with E-state index in [2.05, 4.69) is 11.9 Å². The highest BCUT2D eigenvalue weighted by Crippen LogP contribution is 2.34. The molecule has 0 aliphatic carbocycles. The molecule has 1 atom stereocenters. The minimum absolute atomic E-state index is 0.0332. The standard InChI is InChI=1S/C21H18ClF2NO4S/c1-3-14-11(2)29-5-4-25-21(27)12-7-16(22)20(26)19(8-12)30(28)10-13-6-15(14)18(24)9-17(13)23/h3,6-9,26H,2,4-5,10H2,1H3,(H,25,27)/b14-3+. The molecule has 0 saturated heterocycles. The number of allylic oxidation sites excluding steroid dienone is 2. The Bertz CT molecular complexity index is 1100. The third-order valence-electron chi connectivity index (χ3n) is 4.50. The largest absolute Gasteiger partial charge is 0.505 e. The SMILES string of the molecule is C=C1OCCNC(=O)c2cc(Cl)c(O)c(c2)S(=O)Cc2cc(c(F)cc2F)/C1=C/C. The first-order valence-corrected chi connectivity index (χ1v) is 10.6. The normalized spacial score (nSPS) is 18.9. The number of nitrogens with one attached hydrogen (secondary N) is 1. The summed E-state index contributed by atoms with van der Waals surface area (Å²) in [5.74, 6) is -2.95. The number of carbonyl (C=O) groups is 1. The average Bonchev–Trinajstić information content (AvgIpc) is 2.70. The Hall–Kier alpha value is -2.71. The zero-order valence-electron chi connectivity index (χ0n) is 15.9. The second-order valence-electron chi connectivity index (χ2n) is 6.45. The first-order valence-electron chi connectivity index (χ1n) is 8.88. The minimum Gasteiger partial charge on any atom is -0.505 e. The molecule has 1 unspecified atom stereocenters. The fourth-order valence-corrected chi connectivity index (χ4v) is 4.51. The van der Waals surface area contributed by atoms with Crippen LogP contribution in [0.15, 0.2) is 47.6 Å². The van der Waals surface area contributed by atoms with Crippen molar-refractivity contribution in [3.05, 3.63) is 76.0 Å². The second-order valence-corrected chi connectivity index (χ2v) is 8.27. The highest BCUT2D eigenvalue weighted by Gasteiger charge is 2.22. The molecule has 0 fully saturated rings. The number of ether oxygens (including phenoxy) is 1. The van der Waals surface area contributed by atoms with Gasteiger partial charge in [0.05, 0.1) is 33.0 Å². The summed E-state index contributed by atoms with van der Waals surface area (Å²) in [4.78, 5) is 12.3. The topological polar surface area (TPSA) is 75.6 Å². The zero-order valence-corrected chi connectivity index (χ0v) is 17.5. The molecule has 1 aliphatic rings. The molecule has 2 N–H and O–H groups in total. The van der Waals surface area contributed by atoms with Gasteiger partial charge in [0.15, 0.2) is 0 Å². The van der Waals surface area contributed by atoms with E-state index in [9.17, 15) is 22.9 Å². The molecule has 0 spiro atoms. The van der Waals surface area contributed by atoms with Gasteiger partial charge in [0.2, 0.25) is 0 Å². The number of aromatic hydroxyl groups is 1. The van der Waals surface area contributed by atoms with E-state index in [1.54, 1.807) is 13.0 Å². The number of hydrogen-bond donors (Lipinski definition) is 2. The molecule has 1 heterocycles. The summed E-state index contributed by atoms with van der Waals surface area (Å²) >= 11 is 5.98. The van der Waals surface area contributed by atoms with Gasteiger partial charge in [0.25, 0.3) is 5.91 Å². The Kier molecular flexibility index (Phi) is 6.58. The summed E-state index contributed by atoms with van der Waals surface area (Å²) in [5, 5.41) is 12.7. The van der Waals surface area contributed by atoms with Gasteiger partial charge in [-0.2, -0.15) is 0 Å². The molecule has 2 aromatic rings. The van der Waals surface area contributed by atoms with Crippen LogP contribution in [0.4, 0.5) is 8.78 Å². The lowest BCUT2D eigenvalue weighted by Crippen LogP contribution is -2.27. The summed E-state index contributed by atoms with van der Waals surface area (Å²) in [5.41, 5.74) is 0.361. The fourth-order valence-electron chi connectivity index (χ4n) is 2.99. The van der Waals surface area contributed by atoms with Gasteiger partial charge < -0.3 is 15.2 Å². The van der Waals surface area contributed by atoms with Crippen molar-refractivity contribution in [3.8, 4) is 5.75 Å². The van der Waals surface area contributed by atoms with E-state index in [0.717, 1.165) is 0 Å². The Morgan fingerprint density at radius 1 is 1.27 bits per heavy atom. The van der Waals surface area contributed by atoms with E-state index in [4.69, 9.17) is 16.3 Å². The van der Waals surface area contributed by atoms with Crippen LogP contribution in [0.1, 0.15) is 28.4 Å². The van der Waals surface area contributed by atoms with E-state index in [-0.39, 0.29) is 51.3 Å². The molecule has 1 aliphatic heterocycles. The molecule has 3 rings (SSSR count). The van der Waals surface area contributed by atoms with E-state index < -0.39 is 34.1 Å². The molecular weight excluding hydrogens is 436 g/mol. The smallest absolute Gasteiger partial charge is 0.251 e. The van der Waals surface area contributed by atoms with Gasteiger partial charge in [0.1, 0.15) is 29.8 Å². The van der Waals surface area contributed by atoms with Gasteiger partial charge in [-0.1, -0.05) is 24.3 Å². The molecule has 5 nitrogen and oxygen atoms in total. The van der Waals surface area contributed by atoms with E-state index in [1.807, 2.05) is 0 Å². The van der Waals surface area contributed by atoms with Gasteiger partial charge in [-0.25, -0.2) is 8.78 Å². The molecule has 158 valence electrons. The monoisotopic (exact) mass is 453 g/mol. The number of hydrogen-bond acceptors (Lipinski definition) is 4. The van der Waals surface area contributed by atoms with Crippen molar-refractivity contribution >= 4 is 33.9 Å². The zero-order chi connectivity index (χ0) is 22.0. The third-order valence-corrected chi connectivity index (χ3v) is 6.16. The number of phenolic OH excluding ortho intramolecular Hbond substituents is 1. The number of carbonyl (C=O) groups excluding carboxylic acids is 1. The van der Waals surface area contributed by atoms with Crippen LogP contribution in [0, 0.1) is 11.6 Å². The number of fused-ring (bicyclic) bond motifs is 4. The second kappa shape index (κ2) is 8.97. The third kappa shape index (κ3) is 4.39. The van der Waals surface area contributed by atoms with Gasteiger partial charge in [-0.15, -0.1) is 0 Å². The first kappa shape index (κ1) is 22.0. The summed E-state index contributed by atoms with van der Waals surface area (Å²) in [6, 6.07) is 4.40. The lowest BCUT2D eigenvalue weighted by Gasteiger charge is -2.15. The van der Waals surface area contributed by atoms with Gasteiger partial charge >= 0.3 is 0 Å². The Morgan fingerprint density at radius 2 is 2.00 bits per heavy atom. The van der Waals surface area contributed by atoms with Crippen molar-refractivity contribution < 1.29 is 27.6 Å². The molecule has 2 aromatic carbocycles. The lowest BCUT2D eigenvalue weighted by atomic mass is 10.0. The van der Waals surface area contributed by atoms with Crippen LogP contribution in [0.5, 0.6) is 5.75 Å². The van der Waals surface area contributed by atoms with Crippen LogP contribution in [0.2, 0.25) is 5.02 Å². The average molecular weight is 454 g/mol. The highest BCUT2D eigenvalue weighted by molar-refractivity contribution is 7.84. The van der Waals surface area contributed by atoms with Crippen LogP contribution in [-0.4, -0.2) is 28.4 Å². The van der Waals surface area contributed by atoms with Gasteiger partial charge in [0, 0.05) is 28.3 Å². The van der Waals surface area contributed by atoms with Crippen molar-refractivity contribution in [2.75, 3.05) is 13.2 Å². The quantitative estimate of drug-likeness (QED) is 0.623. The molecular formula is C21H18ClF2NO4S. The van der Waals surface area contributed by atoms with Crippen LogP contribution in [-0.2, 0) is 21.3 Å². The van der Waals surface area contributed by atoms with E-state index >= 15 is 0 Å².